The molecule has 9 nitrogen and oxygen atoms in total. The molecule has 0 bridgehead atoms. The maximum atomic E-state index is 12.0. The van der Waals surface area contributed by atoms with Gasteiger partial charge in [-0.1, -0.05) is 6.92 Å². The third-order valence-corrected chi connectivity index (χ3v) is 4.77. The summed E-state index contributed by atoms with van der Waals surface area (Å²) < 4.78 is 13.0. The monoisotopic (exact) mass is 522 g/mol. The van der Waals surface area contributed by atoms with Crippen molar-refractivity contribution in [3.05, 3.63) is 11.3 Å². The van der Waals surface area contributed by atoms with Crippen LogP contribution in [0.1, 0.15) is 37.4 Å². The fourth-order valence-electron chi connectivity index (χ4n) is 3.13. The van der Waals surface area contributed by atoms with Gasteiger partial charge in [0.05, 0.1) is 37.6 Å². The number of aromatic nitrogens is 2. The molecular weight excluding hydrogens is 487 g/mol. The first-order valence-electron chi connectivity index (χ1n) is 9.88. The smallest absolute Gasteiger partial charge is 0.241 e. The van der Waals surface area contributed by atoms with Gasteiger partial charge >= 0.3 is 0 Å². The number of aryl methyl sites for hydroxylation is 2. The molecule has 1 amide bonds. The third-order valence-electron chi connectivity index (χ3n) is 4.77. The summed E-state index contributed by atoms with van der Waals surface area (Å²) in [6, 6.07) is 0. The van der Waals surface area contributed by atoms with Crippen molar-refractivity contribution in [1.82, 2.24) is 25.3 Å². The van der Waals surface area contributed by atoms with Gasteiger partial charge in [-0.25, -0.2) is 9.67 Å². The molecule has 0 aliphatic carbocycles. The minimum absolute atomic E-state index is 0. The molecule has 1 aliphatic rings. The molecule has 1 saturated heterocycles. The highest BCUT2D eigenvalue weighted by Gasteiger charge is 2.17. The van der Waals surface area contributed by atoms with E-state index >= 15 is 0 Å². The van der Waals surface area contributed by atoms with Crippen molar-refractivity contribution in [3.8, 4) is 5.88 Å². The number of nitrogens with zero attached hydrogens (tertiary/aromatic N) is 4. The molecule has 29 heavy (non-hydrogen) atoms. The van der Waals surface area contributed by atoms with Gasteiger partial charge in [0.2, 0.25) is 11.8 Å². The van der Waals surface area contributed by atoms with Crippen LogP contribution in [-0.4, -0.2) is 73.6 Å². The van der Waals surface area contributed by atoms with Gasteiger partial charge in [-0.15, -0.1) is 24.0 Å². The largest absolute Gasteiger partial charge is 0.481 e. The third kappa shape index (κ3) is 7.65. The number of methoxy groups -OCH3 is 1. The molecule has 0 spiro atoms. The lowest BCUT2D eigenvalue weighted by molar-refractivity contribution is -0.127. The molecule has 1 fully saturated rings. The first-order chi connectivity index (χ1) is 13.5. The van der Waals surface area contributed by atoms with Gasteiger partial charge in [-0.2, -0.15) is 5.10 Å². The second-order valence-electron chi connectivity index (χ2n) is 7.09. The quantitative estimate of drug-likeness (QED) is 0.304. The van der Waals surface area contributed by atoms with Crippen LogP contribution in [0.5, 0.6) is 5.88 Å². The van der Waals surface area contributed by atoms with Gasteiger partial charge in [0.1, 0.15) is 0 Å². The summed E-state index contributed by atoms with van der Waals surface area (Å²) in [7, 11) is 6.96. The standard InChI is InChI=1S/C19H34N6O3.HI/c1-6-16-15(18(27-5)25(4)23-16)12-21-19(22-13-17(26)24(2)3)20-11-14-9-7-8-10-28-14;/h14H,6-13H2,1-5H3,(H2,20,21,22);1H. The van der Waals surface area contributed by atoms with Crippen molar-refractivity contribution < 1.29 is 14.3 Å². The Bertz CT molecular complexity index is 671. The molecular formula is C19H35IN6O3. The normalized spacial score (nSPS) is 16.7. The van der Waals surface area contributed by atoms with E-state index in [0.29, 0.717) is 24.9 Å². The maximum absolute atomic E-state index is 12.0. The van der Waals surface area contributed by atoms with E-state index in [1.165, 1.54) is 6.42 Å². The summed E-state index contributed by atoms with van der Waals surface area (Å²) in [4.78, 5) is 18.2. The van der Waals surface area contributed by atoms with Gasteiger partial charge in [0.25, 0.3) is 0 Å². The number of rotatable bonds is 8. The van der Waals surface area contributed by atoms with Gasteiger partial charge < -0.3 is 25.0 Å². The highest BCUT2D eigenvalue weighted by Crippen LogP contribution is 2.22. The number of ether oxygens (including phenoxy) is 2. The average Bonchev–Trinajstić information content (AvgIpc) is 3.02. The zero-order chi connectivity index (χ0) is 20.5. The van der Waals surface area contributed by atoms with Gasteiger partial charge in [-0.3, -0.25) is 4.79 Å². The first-order valence-corrected chi connectivity index (χ1v) is 9.88. The summed E-state index contributed by atoms with van der Waals surface area (Å²) in [5.41, 5.74) is 1.92. The van der Waals surface area contributed by atoms with E-state index in [4.69, 9.17) is 9.47 Å². The summed E-state index contributed by atoms with van der Waals surface area (Å²) in [6.07, 6.45) is 4.30. The number of aliphatic imine (C=N–C) groups is 1. The summed E-state index contributed by atoms with van der Waals surface area (Å²) in [5.74, 6) is 1.27. The summed E-state index contributed by atoms with van der Waals surface area (Å²) in [6.45, 7) is 4.11. The van der Waals surface area contributed by atoms with Crippen LogP contribution in [0.3, 0.4) is 0 Å². The molecule has 166 valence electrons. The SMILES string of the molecule is CCc1nn(C)c(OC)c1CN=C(NCC(=O)N(C)C)NCC1CCCCO1.I. The highest BCUT2D eigenvalue weighted by atomic mass is 127. The number of carbonyl (C=O) groups excluding carboxylic acids is 1. The van der Waals surface area contributed by atoms with Crippen molar-refractivity contribution in [2.75, 3.05) is 40.9 Å². The zero-order valence-electron chi connectivity index (χ0n) is 18.2. The predicted octanol–water partition coefficient (Wildman–Crippen LogP) is 1.30. The number of nitrogens with one attached hydrogen (secondary N) is 2. The molecule has 1 aromatic rings. The van der Waals surface area contributed by atoms with Crippen molar-refractivity contribution >= 4 is 35.8 Å². The number of amides is 1. The second-order valence-corrected chi connectivity index (χ2v) is 7.09. The van der Waals surface area contributed by atoms with Crippen LogP contribution in [0.25, 0.3) is 0 Å². The second kappa shape index (κ2) is 12.9. The number of hydrogen-bond acceptors (Lipinski definition) is 5. The molecule has 0 saturated carbocycles. The summed E-state index contributed by atoms with van der Waals surface area (Å²) >= 11 is 0. The van der Waals surface area contributed by atoms with Crippen molar-refractivity contribution in [2.24, 2.45) is 12.0 Å². The predicted molar refractivity (Wildman–Crippen MR) is 124 cm³/mol. The van der Waals surface area contributed by atoms with E-state index in [-0.39, 0.29) is 42.5 Å². The Labute approximate surface area is 190 Å². The Morgan fingerprint density at radius 2 is 2.14 bits per heavy atom. The molecule has 1 atom stereocenters. The van der Waals surface area contributed by atoms with Crippen LogP contribution in [0.4, 0.5) is 0 Å². The highest BCUT2D eigenvalue weighted by molar-refractivity contribution is 14.0. The lowest BCUT2D eigenvalue weighted by Crippen LogP contribution is -2.45. The van der Waals surface area contributed by atoms with Gasteiger partial charge in [0, 0.05) is 34.3 Å². The minimum Gasteiger partial charge on any atom is -0.481 e. The van der Waals surface area contributed by atoms with Crippen LogP contribution in [-0.2, 0) is 29.5 Å². The molecule has 1 aliphatic heterocycles. The molecule has 2 heterocycles. The average molecular weight is 522 g/mol. The minimum atomic E-state index is -0.0170. The van der Waals surface area contributed by atoms with Gasteiger partial charge in [-0.05, 0) is 25.7 Å². The van der Waals surface area contributed by atoms with E-state index in [1.54, 1.807) is 30.8 Å². The number of guanidine groups is 1. The van der Waals surface area contributed by atoms with E-state index in [1.807, 2.05) is 7.05 Å². The van der Waals surface area contributed by atoms with Crippen LogP contribution >= 0.6 is 24.0 Å². The van der Waals surface area contributed by atoms with E-state index in [2.05, 4.69) is 27.6 Å². The molecule has 0 radical (unpaired) electrons. The molecule has 2 rings (SSSR count). The van der Waals surface area contributed by atoms with E-state index in [9.17, 15) is 4.79 Å². The van der Waals surface area contributed by atoms with Crippen LogP contribution in [0.15, 0.2) is 4.99 Å². The summed E-state index contributed by atoms with van der Waals surface area (Å²) in [5, 5.41) is 10.9. The van der Waals surface area contributed by atoms with Crippen molar-refractivity contribution in [1.29, 1.82) is 0 Å². The topological polar surface area (TPSA) is 93.0 Å². The number of halogens is 1. The van der Waals surface area contributed by atoms with Crippen LogP contribution in [0.2, 0.25) is 0 Å². The Morgan fingerprint density at radius 1 is 1.38 bits per heavy atom. The number of hydrogen-bond donors (Lipinski definition) is 2. The Hall–Kier alpha value is -1.56. The first kappa shape index (κ1) is 25.5. The maximum Gasteiger partial charge on any atom is 0.241 e. The Balaban J connectivity index is 0.00000420. The van der Waals surface area contributed by atoms with Crippen molar-refractivity contribution in [3.63, 3.8) is 0 Å². The molecule has 10 heteroatoms. The molecule has 2 N–H and O–H groups in total. The fraction of sp³-hybridized carbons (Fsp3) is 0.737. The lowest BCUT2D eigenvalue weighted by atomic mass is 10.1. The van der Waals surface area contributed by atoms with Crippen LogP contribution < -0.4 is 15.4 Å². The molecule has 1 unspecified atom stereocenters. The Kier molecular flexibility index (Phi) is 11.3. The Morgan fingerprint density at radius 3 is 2.72 bits per heavy atom. The van der Waals surface area contributed by atoms with E-state index in [0.717, 1.165) is 37.1 Å². The van der Waals surface area contributed by atoms with Crippen molar-refractivity contribution in [2.45, 2.75) is 45.3 Å². The lowest BCUT2D eigenvalue weighted by Gasteiger charge is -2.24. The fourth-order valence-corrected chi connectivity index (χ4v) is 3.13. The molecule has 1 aromatic heterocycles. The zero-order valence-corrected chi connectivity index (χ0v) is 20.5. The number of carbonyl (C=O) groups is 1. The number of likely N-dealkylation sites (N-methyl/N-ethyl adjacent to an activating group) is 1. The van der Waals surface area contributed by atoms with Crippen LogP contribution in [0, 0.1) is 0 Å². The molecule has 0 aromatic carbocycles. The van der Waals surface area contributed by atoms with Gasteiger partial charge in [0.15, 0.2) is 5.96 Å². The van der Waals surface area contributed by atoms with E-state index < -0.39 is 0 Å².